The van der Waals surface area contributed by atoms with Gasteiger partial charge in [0.1, 0.15) is 17.1 Å². The van der Waals surface area contributed by atoms with Crippen LogP contribution in [0.1, 0.15) is 5.82 Å². The number of anilines is 2. The standard InChI is InChI=1S/C20H18N6O2/c1-13-21-17-12-26(15-8-10-16(28-2)11-9-15)25-18(17)19(22-13)24-20(27)23-14-6-4-3-5-7-14/h3-12H,1-2H3,(H2,21,22,23,24,27). The first kappa shape index (κ1) is 17.5. The van der Waals surface area contributed by atoms with Crippen LogP contribution in [0.5, 0.6) is 5.75 Å². The fourth-order valence-electron chi connectivity index (χ4n) is 2.78. The summed E-state index contributed by atoms with van der Waals surface area (Å²) in [6, 6.07) is 16.3. The number of rotatable bonds is 4. The Morgan fingerprint density at radius 2 is 1.75 bits per heavy atom. The van der Waals surface area contributed by atoms with Gasteiger partial charge in [0.05, 0.1) is 19.0 Å². The Bertz CT molecular complexity index is 1120. The van der Waals surface area contributed by atoms with Crippen LogP contribution in [-0.4, -0.2) is 32.9 Å². The van der Waals surface area contributed by atoms with Gasteiger partial charge >= 0.3 is 6.03 Å². The summed E-state index contributed by atoms with van der Waals surface area (Å²) in [5.74, 6) is 1.65. The SMILES string of the molecule is COc1ccc(-n2cc3nc(C)nc(NC(=O)Nc4ccccc4)c3n2)cc1. The van der Waals surface area contributed by atoms with Gasteiger partial charge < -0.3 is 10.1 Å². The molecule has 2 aromatic heterocycles. The normalized spacial score (nSPS) is 10.6. The molecule has 0 bridgehead atoms. The molecule has 0 radical (unpaired) electrons. The second-order valence-corrected chi connectivity index (χ2v) is 6.07. The molecular formula is C20H18N6O2. The molecule has 0 aliphatic heterocycles. The van der Waals surface area contributed by atoms with Crippen LogP contribution in [0.15, 0.2) is 60.8 Å². The molecule has 0 saturated carbocycles. The molecule has 2 amide bonds. The van der Waals surface area contributed by atoms with E-state index >= 15 is 0 Å². The smallest absolute Gasteiger partial charge is 0.324 e. The van der Waals surface area contributed by atoms with Gasteiger partial charge in [-0.3, -0.25) is 5.32 Å². The number of urea groups is 1. The monoisotopic (exact) mass is 374 g/mol. The molecule has 4 aromatic rings. The van der Waals surface area contributed by atoms with Crippen molar-refractivity contribution in [2.75, 3.05) is 17.7 Å². The third kappa shape index (κ3) is 3.61. The summed E-state index contributed by atoms with van der Waals surface area (Å²) in [7, 11) is 1.62. The first-order chi connectivity index (χ1) is 13.6. The van der Waals surface area contributed by atoms with E-state index in [0.29, 0.717) is 28.4 Å². The molecule has 4 rings (SSSR count). The maximum atomic E-state index is 12.4. The average Bonchev–Trinajstić information content (AvgIpc) is 3.13. The van der Waals surface area contributed by atoms with Gasteiger partial charge in [0, 0.05) is 5.69 Å². The van der Waals surface area contributed by atoms with E-state index in [-0.39, 0.29) is 0 Å². The molecule has 0 atom stereocenters. The van der Waals surface area contributed by atoms with E-state index in [0.717, 1.165) is 11.4 Å². The lowest BCUT2D eigenvalue weighted by atomic mass is 10.3. The Morgan fingerprint density at radius 1 is 1.00 bits per heavy atom. The van der Waals surface area contributed by atoms with E-state index in [1.54, 1.807) is 37.0 Å². The van der Waals surface area contributed by atoms with E-state index in [1.165, 1.54) is 0 Å². The van der Waals surface area contributed by atoms with E-state index in [9.17, 15) is 4.79 Å². The van der Waals surface area contributed by atoms with Crippen LogP contribution >= 0.6 is 0 Å². The third-order valence-electron chi connectivity index (χ3n) is 4.08. The molecule has 8 nitrogen and oxygen atoms in total. The van der Waals surface area contributed by atoms with Crippen LogP contribution in [-0.2, 0) is 0 Å². The zero-order valence-electron chi connectivity index (χ0n) is 15.4. The highest BCUT2D eigenvalue weighted by Crippen LogP contribution is 2.22. The van der Waals surface area contributed by atoms with Crippen molar-refractivity contribution in [2.45, 2.75) is 6.92 Å². The lowest BCUT2D eigenvalue weighted by Crippen LogP contribution is -2.20. The molecule has 2 heterocycles. The summed E-state index contributed by atoms with van der Waals surface area (Å²) >= 11 is 0. The first-order valence-electron chi connectivity index (χ1n) is 8.64. The molecule has 0 unspecified atom stereocenters. The maximum absolute atomic E-state index is 12.4. The summed E-state index contributed by atoms with van der Waals surface area (Å²) < 4.78 is 6.88. The van der Waals surface area contributed by atoms with Crippen molar-refractivity contribution in [2.24, 2.45) is 0 Å². The predicted octanol–water partition coefficient (Wildman–Crippen LogP) is 3.78. The van der Waals surface area contributed by atoms with Crippen molar-refractivity contribution in [1.29, 1.82) is 0 Å². The summed E-state index contributed by atoms with van der Waals surface area (Å²) in [5, 5.41) is 10.1. The van der Waals surface area contributed by atoms with Gasteiger partial charge in [-0.05, 0) is 43.3 Å². The van der Waals surface area contributed by atoms with Crippen LogP contribution in [0.25, 0.3) is 16.7 Å². The van der Waals surface area contributed by atoms with Gasteiger partial charge in [0.25, 0.3) is 0 Å². The number of carbonyl (C=O) groups excluding carboxylic acids is 1. The van der Waals surface area contributed by atoms with Crippen LogP contribution in [0.3, 0.4) is 0 Å². The Morgan fingerprint density at radius 3 is 2.46 bits per heavy atom. The molecule has 28 heavy (non-hydrogen) atoms. The van der Waals surface area contributed by atoms with Gasteiger partial charge in [-0.25, -0.2) is 19.4 Å². The Balaban J connectivity index is 1.64. The van der Waals surface area contributed by atoms with Crippen molar-refractivity contribution in [1.82, 2.24) is 19.7 Å². The minimum absolute atomic E-state index is 0.350. The van der Waals surface area contributed by atoms with E-state index in [4.69, 9.17) is 4.74 Å². The van der Waals surface area contributed by atoms with Gasteiger partial charge in [-0.1, -0.05) is 18.2 Å². The highest BCUT2D eigenvalue weighted by Gasteiger charge is 2.14. The van der Waals surface area contributed by atoms with Crippen LogP contribution in [0.2, 0.25) is 0 Å². The molecule has 0 spiro atoms. The van der Waals surface area contributed by atoms with E-state index < -0.39 is 6.03 Å². The number of amides is 2. The van der Waals surface area contributed by atoms with Gasteiger partial charge in [-0.2, -0.15) is 5.10 Å². The minimum atomic E-state index is -0.399. The number of fused-ring (bicyclic) bond motifs is 1. The average molecular weight is 374 g/mol. The fraction of sp³-hybridized carbons (Fsp3) is 0.100. The maximum Gasteiger partial charge on any atom is 0.324 e. The van der Waals surface area contributed by atoms with Crippen molar-refractivity contribution >= 4 is 28.6 Å². The summed E-state index contributed by atoms with van der Waals surface area (Å²) in [6.45, 7) is 1.77. The third-order valence-corrected chi connectivity index (χ3v) is 4.08. The molecule has 8 heteroatoms. The number of ether oxygens (including phenoxy) is 1. The number of methoxy groups -OCH3 is 1. The van der Waals surface area contributed by atoms with Crippen molar-refractivity contribution < 1.29 is 9.53 Å². The number of para-hydroxylation sites is 1. The van der Waals surface area contributed by atoms with Gasteiger partial charge in [-0.15, -0.1) is 0 Å². The van der Waals surface area contributed by atoms with Crippen molar-refractivity contribution in [3.8, 4) is 11.4 Å². The molecule has 0 aliphatic carbocycles. The lowest BCUT2D eigenvalue weighted by molar-refractivity contribution is 0.262. The van der Waals surface area contributed by atoms with Crippen LogP contribution in [0.4, 0.5) is 16.3 Å². The largest absolute Gasteiger partial charge is 0.497 e. The van der Waals surface area contributed by atoms with E-state index in [2.05, 4.69) is 25.7 Å². The summed E-state index contributed by atoms with van der Waals surface area (Å²) in [6.07, 6.45) is 1.80. The highest BCUT2D eigenvalue weighted by molar-refractivity contribution is 6.03. The Kier molecular flexibility index (Phi) is 4.59. The zero-order chi connectivity index (χ0) is 19.5. The number of aryl methyl sites for hydroxylation is 1. The second kappa shape index (κ2) is 7.36. The fourth-order valence-corrected chi connectivity index (χ4v) is 2.78. The topological polar surface area (TPSA) is 94.0 Å². The summed E-state index contributed by atoms with van der Waals surface area (Å²) in [4.78, 5) is 21.1. The summed E-state index contributed by atoms with van der Waals surface area (Å²) in [5.41, 5.74) is 2.67. The van der Waals surface area contributed by atoms with Gasteiger partial charge in [0.2, 0.25) is 0 Å². The Hall–Kier alpha value is -3.94. The predicted molar refractivity (Wildman–Crippen MR) is 107 cm³/mol. The highest BCUT2D eigenvalue weighted by atomic mass is 16.5. The molecular weight excluding hydrogens is 356 g/mol. The molecule has 0 fully saturated rings. The minimum Gasteiger partial charge on any atom is -0.497 e. The van der Waals surface area contributed by atoms with Crippen LogP contribution in [0, 0.1) is 6.92 Å². The molecule has 2 aromatic carbocycles. The number of nitrogens with one attached hydrogen (secondary N) is 2. The number of carbonyl (C=O) groups is 1. The molecule has 0 aliphatic rings. The van der Waals surface area contributed by atoms with Crippen molar-refractivity contribution in [3.05, 3.63) is 66.6 Å². The number of nitrogens with zero attached hydrogens (tertiary/aromatic N) is 4. The molecule has 0 saturated heterocycles. The molecule has 2 N–H and O–H groups in total. The Labute approximate surface area is 161 Å². The zero-order valence-corrected chi connectivity index (χ0v) is 15.4. The van der Waals surface area contributed by atoms with Crippen LogP contribution < -0.4 is 15.4 Å². The number of hydrogen-bond acceptors (Lipinski definition) is 5. The van der Waals surface area contributed by atoms with E-state index in [1.807, 2.05) is 42.5 Å². The number of hydrogen-bond donors (Lipinski definition) is 2. The lowest BCUT2D eigenvalue weighted by Gasteiger charge is -2.07. The number of benzene rings is 2. The van der Waals surface area contributed by atoms with Crippen molar-refractivity contribution in [3.63, 3.8) is 0 Å². The second-order valence-electron chi connectivity index (χ2n) is 6.07. The van der Waals surface area contributed by atoms with Gasteiger partial charge in [0.15, 0.2) is 11.3 Å². The molecule has 140 valence electrons. The number of aromatic nitrogens is 4. The quantitative estimate of drug-likeness (QED) is 0.567. The first-order valence-corrected chi connectivity index (χ1v) is 8.64.